The van der Waals surface area contributed by atoms with Crippen molar-refractivity contribution in [3.63, 3.8) is 0 Å². The minimum atomic E-state index is -1.96. The molecule has 6 rings (SSSR count). The van der Waals surface area contributed by atoms with E-state index < -0.39 is 82.9 Å². The molecule has 1 saturated heterocycles. The zero-order chi connectivity index (χ0) is 44.9. The number of amides is 1. The van der Waals surface area contributed by atoms with Crippen LogP contribution in [-0.4, -0.2) is 106 Å². The normalized spacial score (nSPS) is 32.7. The van der Waals surface area contributed by atoms with Crippen molar-refractivity contribution in [3.05, 3.63) is 58.0 Å². The number of likely N-dealkylation sites (tertiary alicyclic amines) is 1. The molecule has 2 aromatic carbocycles. The molecule has 15 heteroatoms. The average Bonchev–Trinajstić information content (AvgIpc) is 3.71. The highest BCUT2D eigenvalue weighted by atomic mass is 16.7. The van der Waals surface area contributed by atoms with Crippen molar-refractivity contribution in [1.29, 1.82) is 0 Å². The Morgan fingerprint density at radius 2 is 1.62 bits per heavy atom. The summed E-state index contributed by atoms with van der Waals surface area (Å²) in [5.41, 5.74) is -0.572. The fraction of sp³-hybridized carbons (Fsp3) is 0.587. The van der Waals surface area contributed by atoms with Gasteiger partial charge in [0, 0.05) is 93.6 Å². The van der Waals surface area contributed by atoms with Crippen LogP contribution in [0.2, 0.25) is 0 Å². The molecule has 4 aliphatic heterocycles. The van der Waals surface area contributed by atoms with Gasteiger partial charge in [0.25, 0.3) is 11.7 Å². The lowest BCUT2D eigenvalue weighted by Crippen LogP contribution is -2.46. The highest BCUT2D eigenvalue weighted by Crippen LogP contribution is 2.50. The maximum Gasteiger partial charge on any atom is 0.312 e. The van der Waals surface area contributed by atoms with Gasteiger partial charge in [-0.1, -0.05) is 59.8 Å². The maximum atomic E-state index is 14.7. The predicted octanol–water partition coefficient (Wildman–Crippen LogP) is 4.75. The molecule has 1 fully saturated rings. The smallest absolute Gasteiger partial charge is 0.312 e. The minimum absolute atomic E-state index is 0.0364. The molecule has 0 saturated carbocycles. The largest absolute Gasteiger partial charge is 0.507 e. The van der Waals surface area contributed by atoms with Crippen molar-refractivity contribution in [3.8, 4) is 17.2 Å². The Bertz CT molecular complexity index is 2300. The van der Waals surface area contributed by atoms with Crippen LogP contribution < -0.4 is 20.8 Å². The van der Waals surface area contributed by atoms with Gasteiger partial charge in [-0.15, -0.1) is 0 Å². The van der Waals surface area contributed by atoms with Gasteiger partial charge < -0.3 is 49.6 Å². The summed E-state index contributed by atoms with van der Waals surface area (Å²) in [4.78, 5) is 53.7. The van der Waals surface area contributed by atoms with Gasteiger partial charge in [-0.05, 0) is 25.8 Å². The molecule has 5 N–H and O–H groups in total. The number of methoxy groups -OCH3 is 1. The van der Waals surface area contributed by atoms with Gasteiger partial charge in [-0.3, -0.25) is 24.4 Å². The Labute approximate surface area is 356 Å². The van der Waals surface area contributed by atoms with E-state index in [1.165, 1.54) is 27.2 Å². The number of allylic oxidation sites excluding steroid dienone is 2. The highest BCUT2D eigenvalue weighted by molar-refractivity contribution is 6.19. The summed E-state index contributed by atoms with van der Waals surface area (Å²) in [6.45, 7) is 19.5. The van der Waals surface area contributed by atoms with Crippen LogP contribution in [0.1, 0.15) is 91.1 Å². The van der Waals surface area contributed by atoms with Crippen LogP contribution in [0.5, 0.6) is 17.2 Å². The topological polar surface area (TPSA) is 209 Å². The number of nitrogens with zero attached hydrogens (tertiary/aromatic N) is 3. The van der Waals surface area contributed by atoms with Gasteiger partial charge in [0.2, 0.25) is 0 Å². The standard InChI is InChI=1S/C46H62N4O11/c1-22(2)21-50-18-16-46(17-19-50)48-34-31-32-39(54)28(8)42-33(31)43(56)45(10,61-42)59-20-15-30(58-11)25(5)41(60-29(9)51)27(7)38(53)26(6)37(52)23(3)13-12-14-24(4)44(57)47-36(40(32)55)35(34)49-46/h12-15,20,22-23,25-27,30,37-38,41,52-55H,16-19,21H2,1-11H3,(H,47,57)/b13-12+,20-15+,24-14-. The first-order valence-corrected chi connectivity index (χ1v) is 21.2. The van der Waals surface area contributed by atoms with Gasteiger partial charge in [-0.2, -0.15) is 0 Å². The third-order valence-corrected chi connectivity index (χ3v) is 12.9. The number of nitrogens with one attached hydrogen (secondary N) is 1. The Hall–Kier alpha value is -4.83. The summed E-state index contributed by atoms with van der Waals surface area (Å²) in [5.74, 6) is -6.44. The molecule has 332 valence electrons. The molecular weight excluding hydrogens is 785 g/mol. The second-order valence-electron chi connectivity index (χ2n) is 18.0. The first-order valence-electron chi connectivity index (χ1n) is 21.2. The number of anilines is 1. The molecule has 9 atom stereocenters. The Kier molecular flexibility index (Phi) is 13.1. The van der Waals surface area contributed by atoms with Crippen LogP contribution in [0.3, 0.4) is 0 Å². The third-order valence-electron chi connectivity index (χ3n) is 12.9. The van der Waals surface area contributed by atoms with Crippen molar-refractivity contribution in [2.24, 2.45) is 39.6 Å². The van der Waals surface area contributed by atoms with E-state index in [0.29, 0.717) is 31.8 Å². The molecule has 1 spiro atoms. The molecule has 0 aliphatic carbocycles. The van der Waals surface area contributed by atoms with Crippen LogP contribution in [0.15, 0.2) is 46.1 Å². The number of Topliss-reactive ketones (excluding diaryl/α,β-unsaturated/α-hetero) is 1. The Morgan fingerprint density at radius 1 is 0.967 bits per heavy atom. The zero-order valence-corrected chi connectivity index (χ0v) is 37.1. The van der Waals surface area contributed by atoms with Gasteiger partial charge in [0.15, 0.2) is 11.4 Å². The molecule has 4 bridgehead atoms. The second kappa shape index (κ2) is 17.5. The first-order chi connectivity index (χ1) is 28.6. The Morgan fingerprint density at radius 3 is 2.25 bits per heavy atom. The summed E-state index contributed by atoms with van der Waals surface area (Å²) in [6.07, 6.45) is 5.04. The predicted molar refractivity (Wildman–Crippen MR) is 228 cm³/mol. The molecule has 4 heterocycles. The van der Waals surface area contributed by atoms with E-state index in [2.05, 4.69) is 24.1 Å². The van der Waals surface area contributed by atoms with Gasteiger partial charge >= 0.3 is 11.8 Å². The number of phenolic OH excluding ortho intramolecular Hbond substituents is 2. The third kappa shape index (κ3) is 8.54. The molecule has 2 aromatic rings. The molecule has 61 heavy (non-hydrogen) atoms. The number of piperidine rings is 1. The van der Waals surface area contributed by atoms with E-state index in [1.54, 1.807) is 65.8 Å². The number of carbonyl (C=O) groups is 3. The van der Waals surface area contributed by atoms with E-state index in [0.717, 1.165) is 6.54 Å². The number of aromatic hydroxyl groups is 2. The average molecular weight is 847 g/mol. The number of fused-ring (bicyclic) bond motifs is 1. The zero-order valence-electron chi connectivity index (χ0n) is 37.1. The van der Waals surface area contributed by atoms with Gasteiger partial charge in [-0.25, -0.2) is 0 Å². The van der Waals surface area contributed by atoms with E-state index in [1.807, 2.05) is 0 Å². The Balaban J connectivity index is 1.54. The molecule has 1 amide bonds. The van der Waals surface area contributed by atoms with Crippen molar-refractivity contribution < 1.29 is 53.8 Å². The summed E-state index contributed by atoms with van der Waals surface area (Å²) in [5, 5.41) is 50.2. The minimum Gasteiger partial charge on any atom is -0.507 e. The van der Waals surface area contributed by atoms with Crippen molar-refractivity contribution >= 4 is 34.1 Å². The van der Waals surface area contributed by atoms with E-state index in [-0.39, 0.29) is 55.4 Å². The lowest BCUT2D eigenvalue weighted by Gasteiger charge is -2.38. The van der Waals surface area contributed by atoms with Crippen LogP contribution in [-0.2, 0) is 23.8 Å². The number of esters is 1. The summed E-state index contributed by atoms with van der Waals surface area (Å²) in [6, 6.07) is 0. The maximum absolute atomic E-state index is 14.7. The van der Waals surface area contributed by atoms with Crippen molar-refractivity contribution in [2.75, 3.05) is 32.1 Å². The van der Waals surface area contributed by atoms with E-state index in [9.17, 15) is 34.8 Å². The summed E-state index contributed by atoms with van der Waals surface area (Å²) >= 11 is 0. The lowest BCUT2D eigenvalue weighted by atomic mass is 9.78. The van der Waals surface area contributed by atoms with Crippen LogP contribution in [0.25, 0.3) is 10.8 Å². The van der Waals surface area contributed by atoms with Gasteiger partial charge in [0.05, 0.1) is 40.9 Å². The van der Waals surface area contributed by atoms with Crippen LogP contribution in [0, 0.1) is 36.5 Å². The number of aliphatic hydroxyl groups is 2. The van der Waals surface area contributed by atoms with Crippen LogP contribution >= 0.6 is 0 Å². The van der Waals surface area contributed by atoms with Crippen molar-refractivity contribution in [1.82, 2.24) is 4.90 Å². The first kappa shape index (κ1) is 45.7. The summed E-state index contributed by atoms with van der Waals surface area (Å²) in [7, 11) is 1.47. The molecule has 0 radical (unpaired) electrons. The molecule has 9 unspecified atom stereocenters. The number of ketones is 1. The number of benzene rings is 2. The monoisotopic (exact) mass is 846 g/mol. The molecule has 4 aliphatic rings. The quantitative estimate of drug-likeness (QED) is 0.209. The second-order valence-corrected chi connectivity index (χ2v) is 18.0. The molecular formula is C46H62N4O11. The number of carbonyl (C=O) groups excluding carboxylic acids is 3. The van der Waals surface area contributed by atoms with Crippen molar-refractivity contribution in [2.45, 2.75) is 118 Å². The molecule has 15 nitrogen and oxygen atoms in total. The molecule has 0 aromatic heterocycles. The lowest BCUT2D eigenvalue weighted by molar-refractivity contribution is -0.160. The number of hydrogen-bond donors (Lipinski definition) is 5. The number of aliphatic hydroxyl groups excluding tert-OH is 2. The van der Waals surface area contributed by atoms with E-state index in [4.69, 9.17) is 28.9 Å². The number of rotatable bonds is 4. The fourth-order valence-corrected chi connectivity index (χ4v) is 9.20. The van der Waals surface area contributed by atoms with Gasteiger partial charge in [0.1, 0.15) is 28.6 Å². The van der Waals surface area contributed by atoms with Crippen LogP contribution in [0.4, 0.5) is 5.69 Å². The number of hydrogen-bond acceptors (Lipinski definition) is 14. The highest BCUT2D eigenvalue weighted by Gasteiger charge is 2.50. The van der Waals surface area contributed by atoms with E-state index >= 15 is 0 Å². The fourth-order valence-electron chi connectivity index (χ4n) is 9.20. The number of phenols is 2. The number of ether oxygens (including phenoxy) is 4. The SMILES string of the molecule is COC1/C=C/OC2(C)Oc3c(C)c(O)c4c(O)c(c5c(c4c3C2=O)=NC2(CCN(CC(C)C)CC2)N=5)NC(=O)/C(C)=C\C=C\C(C)C(O)C(C)C(O)C(C)C(OC(C)=O)C1C. The summed E-state index contributed by atoms with van der Waals surface area (Å²) < 4.78 is 24.0.